The number of hydrogen-bond acceptors (Lipinski definition) is 5. The minimum Gasteiger partial charge on any atom is -0.461 e. The fourth-order valence-corrected chi connectivity index (χ4v) is 12.5. The van der Waals surface area contributed by atoms with Gasteiger partial charge < -0.3 is 9.47 Å². The third-order valence-corrected chi connectivity index (χ3v) is 15.0. The normalized spacial score (nSPS) is 51.2. The van der Waals surface area contributed by atoms with Gasteiger partial charge in [-0.25, -0.2) is 9.18 Å². The van der Waals surface area contributed by atoms with E-state index in [1.807, 2.05) is 24.3 Å². The lowest BCUT2D eigenvalue weighted by molar-refractivity contribution is -0.296. The van der Waals surface area contributed by atoms with E-state index in [9.17, 15) is 14.4 Å². The summed E-state index contributed by atoms with van der Waals surface area (Å²) >= 11 is 0. The summed E-state index contributed by atoms with van der Waals surface area (Å²) in [4.78, 5) is 39.6. The fourth-order valence-electron chi connectivity index (χ4n) is 12.5. The van der Waals surface area contributed by atoms with Crippen LogP contribution in [0.3, 0.4) is 0 Å². The smallest absolute Gasteiger partial charge is 0.338 e. The third-order valence-electron chi connectivity index (χ3n) is 15.0. The van der Waals surface area contributed by atoms with Crippen LogP contribution < -0.4 is 0 Å². The quantitative estimate of drug-likeness (QED) is 0.268. The van der Waals surface area contributed by atoms with Crippen LogP contribution in [-0.2, 0) is 19.1 Å². The van der Waals surface area contributed by atoms with Crippen LogP contribution in [-0.4, -0.2) is 36.6 Å². The Kier molecular flexibility index (Phi) is 6.14. The Bertz CT molecular complexity index is 1410. The van der Waals surface area contributed by atoms with Gasteiger partial charge in [0, 0.05) is 22.2 Å². The Morgan fingerprint density at radius 1 is 1.02 bits per heavy atom. The summed E-state index contributed by atoms with van der Waals surface area (Å²) in [5, 5.41) is 0. The van der Waals surface area contributed by atoms with Crippen molar-refractivity contribution in [1.29, 1.82) is 0 Å². The van der Waals surface area contributed by atoms with Crippen LogP contribution >= 0.6 is 0 Å². The summed E-state index contributed by atoms with van der Waals surface area (Å²) in [5.74, 6) is -0.143. The highest BCUT2D eigenvalue weighted by Gasteiger charge is 2.84. The molecule has 232 valence electrons. The molecule has 5 fully saturated rings. The average Bonchev–Trinajstić information content (AvgIpc) is 3.35. The zero-order valence-electron chi connectivity index (χ0n) is 26.6. The molecule has 0 radical (unpaired) electrons. The van der Waals surface area contributed by atoms with Gasteiger partial charge in [0.1, 0.15) is 19.1 Å². The van der Waals surface area contributed by atoms with Crippen molar-refractivity contribution < 1.29 is 28.2 Å². The molecule has 5 nitrogen and oxygen atoms in total. The van der Waals surface area contributed by atoms with E-state index >= 15 is 4.39 Å². The highest BCUT2D eigenvalue weighted by molar-refractivity contribution is 5.89. The Labute approximate surface area is 255 Å². The van der Waals surface area contributed by atoms with Crippen LogP contribution in [0.4, 0.5) is 4.39 Å². The number of rotatable bonds is 4. The van der Waals surface area contributed by atoms with Crippen LogP contribution in [0.25, 0.3) is 0 Å². The van der Waals surface area contributed by atoms with E-state index in [0.29, 0.717) is 17.1 Å². The van der Waals surface area contributed by atoms with Crippen molar-refractivity contribution in [2.45, 2.75) is 98.3 Å². The van der Waals surface area contributed by atoms with Crippen LogP contribution in [0.2, 0.25) is 0 Å². The number of aldehydes is 1. The van der Waals surface area contributed by atoms with Crippen molar-refractivity contribution in [3.63, 3.8) is 0 Å². The Hall–Kier alpha value is -2.50. The molecule has 0 N–H and O–H groups in total. The average molecular weight is 591 g/mol. The molecule has 1 aromatic carbocycles. The van der Waals surface area contributed by atoms with Crippen LogP contribution in [0, 0.1) is 56.7 Å². The molecule has 1 heterocycles. The lowest BCUT2D eigenvalue weighted by Crippen LogP contribution is -2.75. The van der Waals surface area contributed by atoms with E-state index in [4.69, 9.17) is 9.47 Å². The predicted octanol–water partition coefficient (Wildman–Crippen LogP) is 7.53. The van der Waals surface area contributed by atoms with Crippen molar-refractivity contribution in [3.05, 3.63) is 47.5 Å². The predicted molar refractivity (Wildman–Crippen MR) is 161 cm³/mol. The molecule has 7 rings (SSSR count). The Morgan fingerprint density at radius 3 is 2.44 bits per heavy atom. The number of esters is 2. The van der Waals surface area contributed by atoms with Gasteiger partial charge >= 0.3 is 11.9 Å². The second kappa shape index (κ2) is 9.03. The Morgan fingerprint density at radius 2 is 1.74 bits per heavy atom. The summed E-state index contributed by atoms with van der Waals surface area (Å²) in [5.41, 5.74) is -2.54. The third kappa shape index (κ3) is 3.26. The van der Waals surface area contributed by atoms with Crippen LogP contribution in [0.5, 0.6) is 0 Å². The van der Waals surface area contributed by atoms with Crippen molar-refractivity contribution >= 4 is 18.2 Å². The highest BCUT2D eigenvalue weighted by Crippen LogP contribution is 2.81. The van der Waals surface area contributed by atoms with Crippen LogP contribution in [0.1, 0.15) is 96.8 Å². The summed E-state index contributed by atoms with van der Waals surface area (Å²) in [6.07, 6.45) is 6.94. The SMILES string of the molecule is C[C@H]1[C@H](C)CC[C@@]23CC[C@]4(C)[C@](OC2=O)([C@H](F)C[C@@H]2[C@@]5(C)C(C=O)=C[C@@](C)(COC(=O)c6ccccc6)[C@@H]5CC[C@]24C)[C@H]13. The van der Waals surface area contributed by atoms with Gasteiger partial charge in [-0.05, 0) is 91.7 Å². The molecule has 43 heavy (non-hydrogen) atoms. The van der Waals surface area contributed by atoms with Gasteiger partial charge in [0.2, 0.25) is 0 Å². The van der Waals surface area contributed by atoms with Gasteiger partial charge in [-0.2, -0.15) is 0 Å². The number of carbonyl (C=O) groups excluding carboxylic acids is 3. The lowest BCUT2D eigenvalue weighted by Gasteiger charge is -2.72. The maximum atomic E-state index is 17.5. The summed E-state index contributed by atoms with van der Waals surface area (Å²) < 4.78 is 29.9. The van der Waals surface area contributed by atoms with E-state index in [1.165, 1.54) is 0 Å². The van der Waals surface area contributed by atoms with Crippen molar-refractivity contribution in [3.8, 4) is 0 Å². The molecule has 2 bridgehead atoms. The molecule has 12 atom stereocenters. The molecule has 0 unspecified atom stereocenters. The van der Waals surface area contributed by atoms with Crippen molar-refractivity contribution in [2.75, 3.05) is 6.61 Å². The molecular weight excluding hydrogens is 543 g/mol. The first kappa shape index (κ1) is 29.2. The standard InChI is InChI=1S/C37H47FO5/c1-22-12-15-36-17-16-34(5)33(4)14-13-26-32(3,21-42-30(40)24-10-8-7-9-11-24)19-25(20-39)35(26,6)27(33)18-28(38)37(34,43-31(36)41)29(36)23(22)2/h7-11,19-20,22-23,26-29H,12-18,21H2,1-6H3/t22-,23+,26+,27+,28-,29-,32+,33-,34+,35+,36+,37+/m1/s1. The molecule has 1 aliphatic heterocycles. The maximum absolute atomic E-state index is 17.5. The minimum atomic E-state index is -1.30. The number of carbonyl (C=O) groups is 3. The van der Waals surface area contributed by atoms with Gasteiger partial charge in [-0.3, -0.25) is 9.59 Å². The largest absolute Gasteiger partial charge is 0.461 e. The van der Waals surface area contributed by atoms with E-state index in [1.54, 1.807) is 12.1 Å². The van der Waals surface area contributed by atoms with Crippen molar-refractivity contribution in [1.82, 2.24) is 0 Å². The first-order valence-corrected chi connectivity index (χ1v) is 16.5. The molecule has 1 aromatic rings. The number of alkyl halides is 1. The van der Waals surface area contributed by atoms with Crippen LogP contribution in [0.15, 0.2) is 42.0 Å². The lowest BCUT2D eigenvalue weighted by atomic mass is 9.31. The number of allylic oxidation sites excluding steroid dienone is 1. The molecule has 0 amide bonds. The molecule has 1 saturated heterocycles. The number of fused-ring (bicyclic) bond motifs is 4. The summed E-state index contributed by atoms with van der Waals surface area (Å²) in [6, 6.07) is 8.97. The van der Waals surface area contributed by atoms with Crippen molar-refractivity contribution in [2.24, 2.45) is 56.7 Å². The summed E-state index contributed by atoms with van der Waals surface area (Å²) in [6.45, 7) is 13.4. The topological polar surface area (TPSA) is 69.7 Å². The van der Waals surface area contributed by atoms with Gasteiger partial charge in [0.05, 0.1) is 11.0 Å². The monoisotopic (exact) mass is 590 g/mol. The zero-order valence-corrected chi connectivity index (χ0v) is 26.6. The number of ether oxygens (including phenoxy) is 2. The number of halogens is 1. The van der Waals surface area contributed by atoms with Gasteiger partial charge in [-0.15, -0.1) is 0 Å². The molecule has 1 spiro atoms. The van der Waals surface area contributed by atoms with E-state index in [2.05, 4.69) is 41.5 Å². The molecule has 6 heteroatoms. The van der Waals surface area contributed by atoms with E-state index in [-0.39, 0.29) is 54.1 Å². The second-order valence-electron chi connectivity index (χ2n) is 16.2. The first-order chi connectivity index (χ1) is 20.2. The molecule has 0 aromatic heterocycles. The first-order valence-electron chi connectivity index (χ1n) is 16.5. The highest BCUT2D eigenvalue weighted by atomic mass is 19.1. The second-order valence-corrected chi connectivity index (χ2v) is 16.2. The van der Waals surface area contributed by atoms with E-state index in [0.717, 1.165) is 44.8 Å². The molecule has 5 aliphatic carbocycles. The number of benzene rings is 1. The van der Waals surface area contributed by atoms with Gasteiger partial charge in [0.25, 0.3) is 0 Å². The van der Waals surface area contributed by atoms with Gasteiger partial charge in [-0.1, -0.05) is 65.8 Å². The molecule has 4 saturated carbocycles. The maximum Gasteiger partial charge on any atom is 0.338 e. The molecule has 6 aliphatic rings. The van der Waals surface area contributed by atoms with E-state index < -0.39 is 33.4 Å². The Balaban J connectivity index is 1.27. The number of hydrogen-bond donors (Lipinski definition) is 0. The van der Waals surface area contributed by atoms with Gasteiger partial charge in [0.15, 0.2) is 5.60 Å². The zero-order chi connectivity index (χ0) is 30.8. The minimum absolute atomic E-state index is 0.0223. The fraction of sp³-hybridized carbons (Fsp3) is 0.703. The summed E-state index contributed by atoms with van der Waals surface area (Å²) in [7, 11) is 0. The molecular formula is C37H47FO5.